The van der Waals surface area contributed by atoms with Crippen molar-refractivity contribution in [1.29, 1.82) is 0 Å². The number of aliphatic hydroxyl groups excluding tert-OH is 1. The van der Waals surface area contributed by atoms with E-state index < -0.39 is 23.4 Å². The quantitative estimate of drug-likeness (QED) is 0.241. The molecule has 0 heterocycles. The Bertz CT molecular complexity index is 853. The second-order valence-corrected chi connectivity index (χ2v) is 7.78. The Morgan fingerprint density at radius 3 is 2.06 bits per heavy atom. The van der Waals surface area contributed by atoms with E-state index in [4.69, 9.17) is 16.7 Å². The summed E-state index contributed by atoms with van der Waals surface area (Å²) in [4.78, 5) is 12.2. The van der Waals surface area contributed by atoms with Crippen molar-refractivity contribution < 1.29 is 23.1 Å². The van der Waals surface area contributed by atoms with Gasteiger partial charge in [0, 0.05) is 34.9 Å². The molecule has 0 atom stereocenters. The Balaban J connectivity index is 0.000000685. The average molecular weight is 476 g/mol. The predicted molar refractivity (Wildman–Crippen MR) is 125 cm³/mol. The summed E-state index contributed by atoms with van der Waals surface area (Å²) in [6.07, 6.45) is 2.33. The Morgan fingerprint density at radius 1 is 1.16 bits per heavy atom. The molecule has 0 aliphatic carbocycles. The summed E-state index contributed by atoms with van der Waals surface area (Å²) >= 11 is 9.81. The van der Waals surface area contributed by atoms with Crippen LogP contribution >= 0.6 is 24.2 Å². The largest absolute Gasteiger partial charge is 0.397 e. The van der Waals surface area contributed by atoms with E-state index in [1.807, 2.05) is 0 Å². The lowest BCUT2D eigenvalue weighted by Crippen LogP contribution is -2.12. The SMILES string of the molecule is C=C(CC)CC(C)C.CCO.O=C(Nc1cc(F)c(F)c(F)c1)c1ccc(Cl)c(S)c1. The van der Waals surface area contributed by atoms with Gasteiger partial charge in [0.15, 0.2) is 17.5 Å². The molecule has 1 amide bonds. The molecule has 0 aliphatic heterocycles. The van der Waals surface area contributed by atoms with Gasteiger partial charge in [-0.25, -0.2) is 13.2 Å². The van der Waals surface area contributed by atoms with E-state index >= 15 is 0 Å². The molecule has 2 aromatic carbocycles. The van der Waals surface area contributed by atoms with Crippen LogP contribution in [-0.4, -0.2) is 17.6 Å². The van der Waals surface area contributed by atoms with Crippen LogP contribution in [0.3, 0.4) is 0 Å². The summed E-state index contributed by atoms with van der Waals surface area (Å²) < 4.78 is 38.8. The number of amides is 1. The molecular formula is C23H29ClF3NO2S. The number of allylic oxidation sites excluding steroid dienone is 1. The number of hydrogen-bond acceptors (Lipinski definition) is 3. The first-order valence-electron chi connectivity index (χ1n) is 9.68. The zero-order chi connectivity index (χ0) is 24.1. The highest BCUT2D eigenvalue weighted by molar-refractivity contribution is 7.80. The Kier molecular flexibility index (Phi) is 14.0. The van der Waals surface area contributed by atoms with Crippen molar-refractivity contribution >= 4 is 35.8 Å². The first kappa shape index (κ1) is 29.0. The van der Waals surface area contributed by atoms with Crippen molar-refractivity contribution in [3.8, 4) is 0 Å². The molecule has 0 fully saturated rings. The molecule has 0 aliphatic rings. The molecule has 8 heteroatoms. The average Bonchev–Trinajstić information content (AvgIpc) is 2.68. The molecule has 0 saturated carbocycles. The van der Waals surface area contributed by atoms with Gasteiger partial charge in [0.25, 0.3) is 5.91 Å². The maximum atomic E-state index is 13.0. The maximum absolute atomic E-state index is 13.0. The molecule has 0 radical (unpaired) electrons. The fourth-order valence-corrected chi connectivity index (χ4v) is 2.54. The highest BCUT2D eigenvalue weighted by Crippen LogP contribution is 2.22. The van der Waals surface area contributed by atoms with Crippen molar-refractivity contribution in [1.82, 2.24) is 0 Å². The van der Waals surface area contributed by atoms with Crippen LogP contribution in [0.25, 0.3) is 0 Å². The minimum atomic E-state index is -1.59. The minimum absolute atomic E-state index is 0.193. The van der Waals surface area contributed by atoms with Gasteiger partial charge >= 0.3 is 0 Å². The van der Waals surface area contributed by atoms with Gasteiger partial charge in [-0.05, 0) is 43.9 Å². The van der Waals surface area contributed by atoms with Gasteiger partial charge in [0.05, 0.1) is 5.02 Å². The first-order chi connectivity index (χ1) is 14.5. The Labute approximate surface area is 192 Å². The van der Waals surface area contributed by atoms with Gasteiger partial charge in [-0.2, -0.15) is 0 Å². The topological polar surface area (TPSA) is 49.3 Å². The van der Waals surface area contributed by atoms with Crippen LogP contribution in [0.2, 0.25) is 5.02 Å². The summed E-state index contributed by atoms with van der Waals surface area (Å²) in [7, 11) is 0. The molecule has 2 N–H and O–H groups in total. The normalized spacial score (nSPS) is 9.90. The maximum Gasteiger partial charge on any atom is 0.255 e. The van der Waals surface area contributed by atoms with Crippen molar-refractivity contribution in [3.63, 3.8) is 0 Å². The molecule has 0 unspecified atom stereocenters. The highest BCUT2D eigenvalue weighted by atomic mass is 35.5. The lowest BCUT2D eigenvalue weighted by atomic mass is 10.0. The van der Waals surface area contributed by atoms with Gasteiger partial charge in [-0.1, -0.05) is 44.5 Å². The van der Waals surface area contributed by atoms with E-state index in [1.54, 1.807) is 6.92 Å². The second kappa shape index (κ2) is 14.9. The summed E-state index contributed by atoms with van der Waals surface area (Å²) in [6.45, 7) is 12.4. The van der Waals surface area contributed by atoms with E-state index in [2.05, 4.69) is 45.3 Å². The summed E-state index contributed by atoms with van der Waals surface area (Å²) in [5.74, 6) is -4.20. The molecule has 0 saturated heterocycles. The lowest BCUT2D eigenvalue weighted by molar-refractivity contribution is 0.102. The molecule has 0 aromatic heterocycles. The standard InChI is InChI=1S/C13H7ClF3NOS.C8H16.C2H6O/c14-8-2-1-6(3-11(8)20)13(19)18-7-4-9(15)12(17)10(16)5-7;1-5-8(4)6-7(2)3;1-2-3/h1-5,20H,(H,18,19);7H,4-6H2,1-3H3;3H,2H2,1H3. The number of rotatable bonds is 5. The number of thiol groups is 1. The number of anilines is 1. The third kappa shape index (κ3) is 11.3. The molecule has 31 heavy (non-hydrogen) atoms. The fourth-order valence-electron chi connectivity index (χ4n) is 2.21. The zero-order valence-electron chi connectivity index (χ0n) is 18.1. The summed E-state index contributed by atoms with van der Waals surface area (Å²) in [6, 6.07) is 5.66. The van der Waals surface area contributed by atoms with Crippen LogP contribution in [0, 0.1) is 23.4 Å². The number of halogens is 4. The van der Waals surface area contributed by atoms with Crippen LogP contribution in [0.4, 0.5) is 18.9 Å². The minimum Gasteiger partial charge on any atom is -0.397 e. The van der Waals surface area contributed by atoms with Gasteiger partial charge in [0.2, 0.25) is 0 Å². The van der Waals surface area contributed by atoms with E-state index in [-0.39, 0.29) is 17.9 Å². The molecule has 3 nitrogen and oxygen atoms in total. The van der Waals surface area contributed by atoms with E-state index in [1.165, 1.54) is 30.2 Å². The van der Waals surface area contributed by atoms with Crippen LogP contribution < -0.4 is 5.32 Å². The highest BCUT2D eigenvalue weighted by Gasteiger charge is 2.13. The molecule has 0 spiro atoms. The smallest absolute Gasteiger partial charge is 0.255 e. The molecular weight excluding hydrogens is 447 g/mol. The van der Waals surface area contributed by atoms with Crippen molar-refractivity contribution in [2.75, 3.05) is 11.9 Å². The number of carbonyl (C=O) groups is 1. The van der Waals surface area contributed by atoms with Crippen molar-refractivity contribution in [3.05, 3.63) is 70.5 Å². The number of benzene rings is 2. The van der Waals surface area contributed by atoms with Gasteiger partial charge in [-0.15, -0.1) is 12.6 Å². The number of aliphatic hydroxyl groups is 1. The van der Waals surface area contributed by atoms with Crippen LogP contribution in [0.15, 0.2) is 47.4 Å². The molecule has 172 valence electrons. The predicted octanol–water partition coefficient (Wildman–Crippen LogP) is 7.30. The van der Waals surface area contributed by atoms with Gasteiger partial charge in [-0.3, -0.25) is 4.79 Å². The summed E-state index contributed by atoms with van der Waals surface area (Å²) in [5.41, 5.74) is 1.38. The molecule has 0 bridgehead atoms. The van der Waals surface area contributed by atoms with E-state index in [9.17, 15) is 18.0 Å². The number of hydrogen-bond donors (Lipinski definition) is 3. The summed E-state index contributed by atoms with van der Waals surface area (Å²) in [5, 5.41) is 10.2. The van der Waals surface area contributed by atoms with Gasteiger partial charge in [0.1, 0.15) is 0 Å². The molecule has 2 rings (SSSR count). The zero-order valence-corrected chi connectivity index (χ0v) is 19.8. The number of nitrogens with one attached hydrogen (secondary N) is 1. The van der Waals surface area contributed by atoms with Gasteiger partial charge < -0.3 is 10.4 Å². The third-order valence-corrected chi connectivity index (χ3v) is 4.48. The van der Waals surface area contributed by atoms with Crippen molar-refractivity contribution in [2.24, 2.45) is 5.92 Å². The second-order valence-electron chi connectivity index (χ2n) is 6.89. The third-order valence-electron chi connectivity index (χ3n) is 3.65. The number of carbonyl (C=O) groups excluding carboxylic acids is 1. The monoisotopic (exact) mass is 475 g/mol. The fraction of sp³-hybridized carbons (Fsp3) is 0.348. The molecule has 2 aromatic rings. The van der Waals surface area contributed by atoms with E-state index in [0.717, 1.165) is 12.3 Å². The first-order valence-corrected chi connectivity index (χ1v) is 10.5. The van der Waals surface area contributed by atoms with Crippen LogP contribution in [0.5, 0.6) is 0 Å². The van der Waals surface area contributed by atoms with Crippen LogP contribution in [-0.2, 0) is 0 Å². The van der Waals surface area contributed by atoms with E-state index in [0.29, 0.717) is 22.1 Å². The van der Waals surface area contributed by atoms with Crippen LogP contribution in [0.1, 0.15) is 50.9 Å². The lowest BCUT2D eigenvalue weighted by Gasteiger charge is -2.07. The Morgan fingerprint density at radius 2 is 1.68 bits per heavy atom. The Hall–Kier alpha value is -1.96. The van der Waals surface area contributed by atoms with Crippen molar-refractivity contribution in [2.45, 2.75) is 45.4 Å².